The minimum atomic E-state index is -1.16. The number of esters is 1. The molecule has 0 aliphatic rings. The highest BCUT2D eigenvalue weighted by atomic mass is 16.5. The van der Waals surface area contributed by atoms with Crippen molar-refractivity contribution in [3.05, 3.63) is 47.5 Å². The molecule has 0 saturated carbocycles. The number of carbonyl (C=O) groups is 3. The molecule has 1 atom stereocenters. The fourth-order valence-electron chi connectivity index (χ4n) is 2.48. The lowest BCUT2D eigenvalue weighted by molar-refractivity contribution is -0.143. The zero-order chi connectivity index (χ0) is 21.6. The van der Waals surface area contributed by atoms with Gasteiger partial charge in [-0.3, -0.25) is 9.59 Å². The van der Waals surface area contributed by atoms with Gasteiger partial charge in [-0.05, 0) is 30.7 Å². The van der Waals surface area contributed by atoms with Crippen molar-refractivity contribution in [1.29, 1.82) is 0 Å². The number of methoxy groups -OCH3 is 1. The third kappa shape index (κ3) is 5.06. The fraction of sp³-hybridized carbons (Fsp3) is 0.211. The summed E-state index contributed by atoms with van der Waals surface area (Å²) < 4.78 is 4.63. The Labute approximate surface area is 165 Å². The van der Waals surface area contributed by atoms with Crippen molar-refractivity contribution in [2.75, 3.05) is 13.7 Å². The number of hydrogen-bond donors (Lipinski definition) is 6. The second kappa shape index (κ2) is 9.31. The Morgan fingerprint density at radius 2 is 1.41 bits per heavy atom. The van der Waals surface area contributed by atoms with Crippen LogP contribution >= 0.6 is 0 Å². The Bertz CT molecular complexity index is 928. The van der Waals surface area contributed by atoms with E-state index in [0.29, 0.717) is 0 Å². The van der Waals surface area contributed by atoms with Gasteiger partial charge in [-0.2, -0.15) is 0 Å². The van der Waals surface area contributed by atoms with Crippen molar-refractivity contribution in [3.63, 3.8) is 0 Å². The molecule has 0 spiro atoms. The molecular formula is C19H20N2O8. The van der Waals surface area contributed by atoms with E-state index in [0.717, 1.165) is 7.11 Å². The lowest BCUT2D eigenvalue weighted by Gasteiger charge is -2.17. The quantitative estimate of drug-likeness (QED) is 0.288. The summed E-state index contributed by atoms with van der Waals surface area (Å²) in [5, 5.41) is 43.2. The third-order valence-electron chi connectivity index (χ3n) is 4.03. The molecule has 0 aromatic heterocycles. The van der Waals surface area contributed by atoms with E-state index in [9.17, 15) is 34.8 Å². The first-order valence-electron chi connectivity index (χ1n) is 8.45. The van der Waals surface area contributed by atoms with E-state index >= 15 is 0 Å². The highest BCUT2D eigenvalue weighted by Gasteiger charge is 2.24. The van der Waals surface area contributed by atoms with E-state index < -0.39 is 46.8 Å². The van der Waals surface area contributed by atoms with Crippen LogP contribution in [0.4, 0.5) is 0 Å². The molecule has 2 rings (SSSR count). The minimum Gasteiger partial charge on any atom is -0.504 e. The number of para-hydroxylation sites is 2. The Balaban J connectivity index is 2.03. The maximum atomic E-state index is 12.3. The number of aromatic hydroxyl groups is 4. The molecule has 0 saturated heterocycles. The summed E-state index contributed by atoms with van der Waals surface area (Å²) >= 11 is 0. The molecule has 2 aromatic rings. The maximum absolute atomic E-state index is 12.3. The second-order valence-corrected chi connectivity index (χ2v) is 5.94. The highest BCUT2D eigenvalue weighted by molar-refractivity contribution is 6.00. The molecule has 0 bridgehead atoms. The number of hydrogen-bond acceptors (Lipinski definition) is 8. The molecule has 0 aliphatic heterocycles. The number of amides is 2. The van der Waals surface area contributed by atoms with E-state index in [2.05, 4.69) is 15.4 Å². The van der Waals surface area contributed by atoms with Gasteiger partial charge in [-0.15, -0.1) is 0 Å². The molecular weight excluding hydrogens is 384 g/mol. The third-order valence-corrected chi connectivity index (χ3v) is 4.03. The zero-order valence-corrected chi connectivity index (χ0v) is 15.4. The van der Waals surface area contributed by atoms with Gasteiger partial charge in [-0.25, -0.2) is 4.79 Å². The van der Waals surface area contributed by atoms with Crippen LogP contribution in [0.2, 0.25) is 0 Å². The molecule has 2 aromatic carbocycles. The summed E-state index contributed by atoms with van der Waals surface area (Å²) in [6, 6.07) is 6.52. The number of ether oxygens (including phenoxy) is 1. The molecule has 10 nitrogen and oxygen atoms in total. The first-order valence-corrected chi connectivity index (χ1v) is 8.45. The zero-order valence-electron chi connectivity index (χ0n) is 15.4. The second-order valence-electron chi connectivity index (χ2n) is 5.94. The minimum absolute atomic E-state index is 0.0662. The summed E-state index contributed by atoms with van der Waals surface area (Å²) in [6.07, 6.45) is -0.0662. The van der Waals surface area contributed by atoms with Crippen molar-refractivity contribution in [2.45, 2.75) is 12.5 Å². The fourth-order valence-corrected chi connectivity index (χ4v) is 2.48. The van der Waals surface area contributed by atoms with E-state index in [1.807, 2.05) is 0 Å². The van der Waals surface area contributed by atoms with Crippen molar-refractivity contribution >= 4 is 17.8 Å². The Kier molecular flexibility index (Phi) is 6.85. The normalized spacial score (nSPS) is 11.3. The summed E-state index contributed by atoms with van der Waals surface area (Å²) in [5.74, 6) is -4.48. The van der Waals surface area contributed by atoms with Crippen LogP contribution in [0.25, 0.3) is 0 Å². The lowest BCUT2D eigenvalue weighted by atomic mass is 10.1. The highest BCUT2D eigenvalue weighted by Crippen LogP contribution is 2.29. The van der Waals surface area contributed by atoms with E-state index in [1.54, 1.807) is 0 Å². The van der Waals surface area contributed by atoms with Gasteiger partial charge in [0.2, 0.25) is 0 Å². The largest absolute Gasteiger partial charge is 0.504 e. The van der Waals surface area contributed by atoms with Crippen LogP contribution in [0.1, 0.15) is 27.1 Å². The van der Waals surface area contributed by atoms with Gasteiger partial charge in [0, 0.05) is 6.54 Å². The number of carbonyl (C=O) groups excluding carboxylic acids is 3. The molecule has 154 valence electrons. The molecule has 29 heavy (non-hydrogen) atoms. The van der Waals surface area contributed by atoms with E-state index in [4.69, 9.17) is 0 Å². The first-order chi connectivity index (χ1) is 13.8. The molecule has 0 heterocycles. The SMILES string of the molecule is COC(=O)[C@@H](CCNC(=O)c1cccc(O)c1O)NC(=O)c1cccc(O)c1O. The van der Waals surface area contributed by atoms with E-state index in [1.165, 1.54) is 36.4 Å². The number of phenolic OH excluding ortho intramolecular Hbond substituents is 4. The molecule has 6 N–H and O–H groups in total. The van der Waals surface area contributed by atoms with Gasteiger partial charge in [0.15, 0.2) is 23.0 Å². The van der Waals surface area contributed by atoms with Crippen molar-refractivity contribution in [2.24, 2.45) is 0 Å². The molecule has 0 fully saturated rings. The van der Waals surface area contributed by atoms with Crippen molar-refractivity contribution in [3.8, 4) is 23.0 Å². The van der Waals surface area contributed by atoms with Crippen LogP contribution in [-0.2, 0) is 9.53 Å². The van der Waals surface area contributed by atoms with Crippen LogP contribution in [0.15, 0.2) is 36.4 Å². The van der Waals surface area contributed by atoms with Gasteiger partial charge in [-0.1, -0.05) is 12.1 Å². The number of nitrogens with one attached hydrogen (secondary N) is 2. The molecule has 0 unspecified atom stereocenters. The number of rotatable bonds is 7. The Morgan fingerprint density at radius 1 is 0.897 bits per heavy atom. The van der Waals surface area contributed by atoms with Crippen LogP contribution in [0, 0.1) is 0 Å². The summed E-state index contributed by atoms with van der Waals surface area (Å²) in [4.78, 5) is 36.4. The van der Waals surface area contributed by atoms with Crippen molar-refractivity contribution < 1.29 is 39.5 Å². The topological polar surface area (TPSA) is 165 Å². The predicted molar refractivity (Wildman–Crippen MR) is 99.8 cm³/mol. The van der Waals surface area contributed by atoms with E-state index in [-0.39, 0.29) is 24.1 Å². The van der Waals surface area contributed by atoms with Gasteiger partial charge in [0.25, 0.3) is 11.8 Å². The van der Waals surface area contributed by atoms with Crippen LogP contribution in [0.5, 0.6) is 23.0 Å². The van der Waals surface area contributed by atoms with Gasteiger partial charge >= 0.3 is 5.97 Å². The molecule has 0 aliphatic carbocycles. The Hall–Kier alpha value is -3.95. The monoisotopic (exact) mass is 404 g/mol. The van der Waals surface area contributed by atoms with Crippen molar-refractivity contribution in [1.82, 2.24) is 10.6 Å². The van der Waals surface area contributed by atoms with Gasteiger partial charge in [0.1, 0.15) is 6.04 Å². The van der Waals surface area contributed by atoms with Crippen LogP contribution in [0.3, 0.4) is 0 Å². The number of benzene rings is 2. The average molecular weight is 404 g/mol. The lowest BCUT2D eigenvalue weighted by Crippen LogP contribution is -2.43. The van der Waals surface area contributed by atoms with Gasteiger partial charge < -0.3 is 35.8 Å². The summed E-state index contributed by atoms with van der Waals surface area (Å²) in [7, 11) is 1.12. The molecule has 2 amide bonds. The van der Waals surface area contributed by atoms with Gasteiger partial charge in [0.05, 0.1) is 18.2 Å². The summed E-state index contributed by atoms with van der Waals surface area (Å²) in [6.45, 7) is -0.0833. The first kappa shape index (κ1) is 21.4. The average Bonchev–Trinajstić information content (AvgIpc) is 2.70. The summed E-state index contributed by atoms with van der Waals surface area (Å²) in [5.41, 5.74) is -0.402. The molecule has 10 heteroatoms. The standard InChI is InChI=1S/C19H20N2O8/c1-29-19(28)12(21-18(27)11-5-3-7-14(23)16(11)25)8-9-20-17(26)10-4-2-6-13(22)15(10)24/h2-7,12,22-25H,8-9H2,1H3,(H,20,26)(H,21,27)/t12-/m1/s1. The van der Waals surface area contributed by atoms with Crippen LogP contribution < -0.4 is 10.6 Å². The maximum Gasteiger partial charge on any atom is 0.328 e. The molecule has 0 radical (unpaired) electrons. The van der Waals surface area contributed by atoms with Crippen LogP contribution in [-0.4, -0.2) is 57.9 Å². The predicted octanol–water partition coefficient (Wildman–Crippen LogP) is 0.600. The Morgan fingerprint density at radius 3 is 1.93 bits per heavy atom. The number of phenols is 4. The smallest absolute Gasteiger partial charge is 0.328 e.